The summed E-state index contributed by atoms with van der Waals surface area (Å²) in [6, 6.07) is 12.8. The Balaban J connectivity index is 1.78. The molecule has 0 aromatic heterocycles. The number of methoxy groups -OCH3 is 1. The van der Waals surface area contributed by atoms with Gasteiger partial charge in [0.1, 0.15) is 5.75 Å². The van der Waals surface area contributed by atoms with Crippen LogP contribution >= 0.6 is 0 Å². The number of carbonyl (C=O) groups is 1. The van der Waals surface area contributed by atoms with Crippen LogP contribution in [0.5, 0.6) is 5.75 Å². The Labute approximate surface area is 191 Å². The summed E-state index contributed by atoms with van der Waals surface area (Å²) in [4.78, 5) is 17.6. The van der Waals surface area contributed by atoms with Gasteiger partial charge >= 0.3 is 0 Å². The SMILES string of the molecule is CCN(CC)S(=O)(=O)c1ccc(C)c(C(=O)N2CCCN(c3ccc(OC)cc3)CC2)c1. The van der Waals surface area contributed by atoms with Crippen molar-refractivity contribution in [3.63, 3.8) is 0 Å². The average Bonchev–Trinajstić information content (AvgIpc) is 3.06. The summed E-state index contributed by atoms with van der Waals surface area (Å²) in [6.07, 6.45) is 0.842. The monoisotopic (exact) mass is 459 g/mol. The van der Waals surface area contributed by atoms with E-state index < -0.39 is 10.0 Å². The molecule has 2 aromatic carbocycles. The Morgan fingerprint density at radius 3 is 2.31 bits per heavy atom. The molecule has 174 valence electrons. The van der Waals surface area contributed by atoms with E-state index in [0.717, 1.165) is 30.0 Å². The van der Waals surface area contributed by atoms with E-state index in [2.05, 4.69) is 4.90 Å². The van der Waals surface area contributed by atoms with Crippen molar-refractivity contribution in [2.24, 2.45) is 0 Å². The molecule has 0 radical (unpaired) electrons. The van der Waals surface area contributed by atoms with Crippen molar-refractivity contribution in [2.75, 3.05) is 51.3 Å². The number of hydrogen-bond acceptors (Lipinski definition) is 5. The number of anilines is 1. The van der Waals surface area contributed by atoms with E-state index in [9.17, 15) is 13.2 Å². The molecule has 0 bridgehead atoms. The molecule has 0 aliphatic carbocycles. The fourth-order valence-corrected chi connectivity index (χ4v) is 5.53. The van der Waals surface area contributed by atoms with Crippen LogP contribution in [-0.4, -0.2) is 69.9 Å². The minimum atomic E-state index is -3.62. The first kappa shape index (κ1) is 24.1. The summed E-state index contributed by atoms with van der Waals surface area (Å²) in [7, 11) is -1.97. The quantitative estimate of drug-likeness (QED) is 0.635. The molecule has 3 rings (SSSR count). The second-order valence-electron chi connectivity index (χ2n) is 7.90. The first-order chi connectivity index (χ1) is 15.3. The number of carbonyl (C=O) groups excluding carboxylic acids is 1. The van der Waals surface area contributed by atoms with Gasteiger partial charge in [0.2, 0.25) is 10.0 Å². The maximum Gasteiger partial charge on any atom is 0.254 e. The van der Waals surface area contributed by atoms with Gasteiger partial charge in [0, 0.05) is 50.5 Å². The Hall–Kier alpha value is -2.58. The number of benzene rings is 2. The van der Waals surface area contributed by atoms with Gasteiger partial charge in [-0.1, -0.05) is 19.9 Å². The van der Waals surface area contributed by atoms with Crippen molar-refractivity contribution in [3.8, 4) is 5.75 Å². The maximum atomic E-state index is 13.4. The zero-order chi connectivity index (χ0) is 23.3. The van der Waals surface area contributed by atoms with E-state index >= 15 is 0 Å². The highest BCUT2D eigenvalue weighted by Crippen LogP contribution is 2.23. The summed E-state index contributed by atoms with van der Waals surface area (Å²) < 4.78 is 32.5. The zero-order valence-electron chi connectivity index (χ0n) is 19.4. The molecule has 1 aliphatic heterocycles. The van der Waals surface area contributed by atoms with Gasteiger partial charge in [-0.05, 0) is 55.3 Å². The fourth-order valence-electron chi connectivity index (χ4n) is 4.05. The average molecular weight is 460 g/mol. The molecule has 0 N–H and O–H groups in total. The smallest absolute Gasteiger partial charge is 0.254 e. The minimum Gasteiger partial charge on any atom is -0.497 e. The van der Waals surface area contributed by atoms with Crippen LogP contribution < -0.4 is 9.64 Å². The van der Waals surface area contributed by atoms with E-state index in [4.69, 9.17) is 4.74 Å². The lowest BCUT2D eigenvalue weighted by atomic mass is 10.1. The van der Waals surface area contributed by atoms with E-state index in [1.54, 1.807) is 19.2 Å². The van der Waals surface area contributed by atoms with Gasteiger partial charge < -0.3 is 14.5 Å². The second kappa shape index (κ2) is 10.4. The molecule has 1 fully saturated rings. The van der Waals surface area contributed by atoms with Crippen LogP contribution in [0.25, 0.3) is 0 Å². The van der Waals surface area contributed by atoms with Crippen molar-refractivity contribution < 1.29 is 17.9 Å². The number of amides is 1. The summed E-state index contributed by atoms with van der Waals surface area (Å²) in [5.41, 5.74) is 2.34. The third-order valence-corrected chi connectivity index (χ3v) is 8.05. The van der Waals surface area contributed by atoms with Gasteiger partial charge in [0.15, 0.2) is 0 Å². The van der Waals surface area contributed by atoms with E-state index in [0.29, 0.717) is 38.3 Å². The normalized spacial score (nSPS) is 15.0. The molecule has 1 aliphatic rings. The van der Waals surface area contributed by atoms with Gasteiger partial charge in [-0.3, -0.25) is 4.79 Å². The molecular weight excluding hydrogens is 426 g/mol. The molecular formula is C24H33N3O4S. The van der Waals surface area contributed by atoms with Crippen LogP contribution in [0.4, 0.5) is 5.69 Å². The van der Waals surface area contributed by atoms with Crippen LogP contribution in [0.15, 0.2) is 47.4 Å². The molecule has 0 saturated carbocycles. The first-order valence-corrected chi connectivity index (χ1v) is 12.5. The highest BCUT2D eigenvalue weighted by Gasteiger charge is 2.26. The third-order valence-electron chi connectivity index (χ3n) is 6.00. The molecule has 7 nitrogen and oxygen atoms in total. The lowest BCUT2D eigenvalue weighted by Gasteiger charge is -2.24. The first-order valence-electron chi connectivity index (χ1n) is 11.1. The second-order valence-corrected chi connectivity index (χ2v) is 9.83. The Kier molecular flexibility index (Phi) is 7.79. The van der Waals surface area contributed by atoms with Crippen molar-refractivity contribution >= 4 is 21.6 Å². The van der Waals surface area contributed by atoms with Crippen LogP contribution in [0, 0.1) is 6.92 Å². The van der Waals surface area contributed by atoms with Gasteiger partial charge in [-0.2, -0.15) is 4.31 Å². The predicted octanol–water partition coefficient (Wildman–Crippen LogP) is 3.39. The lowest BCUT2D eigenvalue weighted by Crippen LogP contribution is -2.36. The molecule has 32 heavy (non-hydrogen) atoms. The lowest BCUT2D eigenvalue weighted by molar-refractivity contribution is 0.0766. The number of sulfonamides is 1. The van der Waals surface area contributed by atoms with Gasteiger partial charge in [-0.15, -0.1) is 0 Å². The van der Waals surface area contributed by atoms with Crippen molar-refractivity contribution in [1.82, 2.24) is 9.21 Å². The fraction of sp³-hybridized carbons (Fsp3) is 0.458. The molecule has 0 unspecified atom stereocenters. The molecule has 1 amide bonds. The largest absolute Gasteiger partial charge is 0.497 e. The highest BCUT2D eigenvalue weighted by molar-refractivity contribution is 7.89. The van der Waals surface area contributed by atoms with E-state index in [-0.39, 0.29) is 10.8 Å². The van der Waals surface area contributed by atoms with Crippen molar-refractivity contribution in [2.45, 2.75) is 32.1 Å². The topological polar surface area (TPSA) is 70.2 Å². The van der Waals surface area contributed by atoms with Crippen LogP contribution in [-0.2, 0) is 10.0 Å². The summed E-state index contributed by atoms with van der Waals surface area (Å²) in [5, 5.41) is 0. The van der Waals surface area contributed by atoms with Crippen molar-refractivity contribution in [3.05, 3.63) is 53.6 Å². The number of nitrogens with zero attached hydrogens (tertiary/aromatic N) is 3. The Morgan fingerprint density at radius 2 is 1.69 bits per heavy atom. The number of aryl methyl sites for hydroxylation is 1. The molecule has 1 heterocycles. The molecule has 1 saturated heterocycles. The van der Waals surface area contributed by atoms with Crippen LogP contribution in [0.3, 0.4) is 0 Å². The number of rotatable bonds is 7. The van der Waals surface area contributed by atoms with E-state index in [1.165, 1.54) is 10.4 Å². The number of hydrogen-bond donors (Lipinski definition) is 0. The Bertz CT molecular complexity index is 1030. The summed E-state index contributed by atoms with van der Waals surface area (Å²) in [6.45, 7) is 9.05. The van der Waals surface area contributed by atoms with Gasteiger partial charge in [0.25, 0.3) is 5.91 Å². The van der Waals surface area contributed by atoms with Gasteiger partial charge in [0.05, 0.1) is 12.0 Å². The van der Waals surface area contributed by atoms with Gasteiger partial charge in [-0.25, -0.2) is 8.42 Å². The van der Waals surface area contributed by atoms with Crippen molar-refractivity contribution in [1.29, 1.82) is 0 Å². The molecule has 2 aromatic rings. The zero-order valence-corrected chi connectivity index (χ0v) is 20.2. The Morgan fingerprint density at radius 1 is 1.00 bits per heavy atom. The van der Waals surface area contributed by atoms with E-state index in [1.807, 2.05) is 49.9 Å². The standard InChI is InChI=1S/C24H33N3O4S/c1-5-27(6-2)32(29,30)22-13-8-19(3)23(18-22)24(28)26-15-7-14-25(16-17-26)20-9-11-21(31-4)12-10-20/h8-13,18H,5-7,14-17H2,1-4H3. The summed E-state index contributed by atoms with van der Waals surface area (Å²) in [5.74, 6) is 0.700. The number of ether oxygens (including phenoxy) is 1. The molecule has 8 heteroatoms. The third kappa shape index (κ3) is 5.07. The van der Waals surface area contributed by atoms with Crippen LogP contribution in [0.1, 0.15) is 36.2 Å². The highest BCUT2D eigenvalue weighted by atomic mass is 32.2. The van der Waals surface area contributed by atoms with Crippen LogP contribution in [0.2, 0.25) is 0 Å². The maximum absolute atomic E-state index is 13.4. The summed E-state index contributed by atoms with van der Waals surface area (Å²) >= 11 is 0. The molecule has 0 spiro atoms. The predicted molar refractivity (Wildman–Crippen MR) is 127 cm³/mol. The molecule has 0 atom stereocenters. The minimum absolute atomic E-state index is 0.115.